The molecule has 0 atom stereocenters. The first kappa shape index (κ1) is 21.1. The summed E-state index contributed by atoms with van der Waals surface area (Å²) in [5.74, 6) is -0.732. The molecule has 2 heterocycles. The fourth-order valence-corrected chi connectivity index (χ4v) is 4.99. The average molecular weight is 418 g/mol. The van der Waals surface area contributed by atoms with E-state index in [1.165, 1.54) is 12.3 Å². The number of sulfonamides is 1. The molecule has 0 radical (unpaired) electrons. The topological polar surface area (TPSA) is 99.6 Å². The van der Waals surface area contributed by atoms with E-state index in [1.807, 2.05) is 24.8 Å². The van der Waals surface area contributed by atoms with Crippen molar-refractivity contribution in [1.82, 2.24) is 4.98 Å². The second kappa shape index (κ2) is 8.41. The molecule has 2 N–H and O–H groups in total. The summed E-state index contributed by atoms with van der Waals surface area (Å²) in [7, 11) is -3.87. The van der Waals surface area contributed by atoms with Crippen molar-refractivity contribution < 1.29 is 18.3 Å². The summed E-state index contributed by atoms with van der Waals surface area (Å²) in [4.78, 5) is 18.3. The first-order chi connectivity index (χ1) is 13.7. The highest BCUT2D eigenvalue weighted by atomic mass is 32.2. The maximum absolute atomic E-state index is 12.9. The number of nitrogens with zero attached hydrogens (tertiary/aromatic N) is 2. The van der Waals surface area contributed by atoms with Gasteiger partial charge in [0.25, 0.3) is 10.0 Å². The second-order valence-corrected chi connectivity index (χ2v) is 9.26. The zero-order valence-corrected chi connectivity index (χ0v) is 17.8. The number of aromatic nitrogens is 1. The van der Waals surface area contributed by atoms with Crippen LogP contribution in [0.1, 0.15) is 52.7 Å². The third kappa shape index (κ3) is 4.70. The first-order valence-electron chi connectivity index (χ1n) is 9.78. The third-order valence-corrected chi connectivity index (χ3v) is 6.86. The number of benzene rings is 1. The fourth-order valence-electron chi connectivity index (χ4n) is 3.64. The van der Waals surface area contributed by atoms with Crippen LogP contribution in [0.2, 0.25) is 0 Å². The predicted molar refractivity (Wildman–Crippen MR) is 113 cm³/mol. The Labute approximate surface area is 171 Å². The number of carboxylic acid groups (broad SMARTS) is 1. The zero-order valence-electron chi connectivity index (χ0n) is 17.0. The highest BCUT2D eigenvalue weighted by molar-refractivity contribution is 7.92. The lowest BCUT2D eigenvalue weighted by Gasteiger charge is -2.23. The minimum Gasteiger partial charge on any atom is -0.478 e. The fraction of sp³-hybridized carbons (Fsp3) is 0.429. The Morgan fingerprint density at radius 1 is 1.00 bits per heavy atom. The van der Waals surface area contributed by atoms with Gasteiger partial charge in [-0.05, 0) is 62.4 Å². The van der Waals surface area contributed by atoms with Gasteiger partial charge >= 0.3 is 5.97 Å². The van der Waals surface area contributed by atoms with Gasteiger partial charge in [0.1, 0.15) is 11.4 Å². The summed E-state index contributed by atoms with van der Waals surface area (Å²) in [6.45, 7) is 7.02. The molecule has 0 amide bonds. The van der Waals surface area contributed by atoms with Crippen molar-refractivity contribution in [2.75, 3.05) is 22.7 Å². The van der Waals surface area contributed by atoms with Crippen LogP contribution in [0.4, 0.5) is 11.5 Å². The Kier molecular flexibility index (Phi) is 6.12. The van der Waals surface area contributed by atoms with Crippen molar-refractivity contribution in [2.24, 2.45) is 0 Å². The van der Waals surface area contributed by atoms with Crippen LogP contribution < -0.4 is 9.62 Å². The lowest BCUT2D eigenvalue weighted by molar-refractivity contribution is 0.0697. The SMILES string of the molecule is Cc1cc(C)c(S(=O)(=O)Nc2cnc(N3CCCCCC3)c(C(=O)O)c2)cc1C. The molecule has 1 aliphatic rings. The lowest BCUT2D eigenvalue weighted by atomic mass is 10.1. The normalized spacial score (nSPS) is 15.1. The van der Waals surface area contributed by atoms with Crippen molar-refractivity contribution in [2.45, 2.75) is 51.3 Å². The number of aromatic carboxylic acids is 1. The average Bonchev–Trinajstić information content (AvgIpc) is 2.93. The molecule has 0 bridgehead atoms. The maximum Gasteiger partial charge on any atom is 0.339 e. The highest BCUT2D eigenvalue weighted by Crippen LogP contribution is 2.27. The number of rotatable bonds is 5. The smallest absolute Gasteiger partial charge is 0.339 e. The molecule has 8 heteroatoms. The van der Waals surface area contributed by atoms with Gasteiger partial charge in [0.15, 0.2) is 0 Å². The molecule has 29 heavy (non-hydrogen) atoms. The van der Waals surface area contributed by atoms with Crippen LogP contribution >= 0.6 is 0 Å². The molecule has 1 aromatic carbocycles. The van der Waals surface area contributed by atoms with Crippen LogP contribution in [-0.2, 0) is 10.0 Å². The molecule has 0 spiro atoms. The molecule has 2 aromatic rings. The maximum atomic E-state index is 12.9. The van der Waals surface area contributed by atoms with Crippen LogP contribution in [0.25, 0.3) is 0 Å². The van der Waals surface area contributed by atoms with Crippen LogP contribution in [0.3, 0.4) is 0 Å². The first-order valence-corrected chi connectivity index (χ1v) is 11.3. The standard InChI is InChI=1S/C21H27N3O4S/c1-14-10-16(3)19(11-15(14)2)29(27,28)23-17-12-18(21(25)26)20(22-13-17)24-8-6-4-5-7-9-24/h10-13,23H,4-9H2,1-3H3,(H,25,26). The van der Waals surface area contributed by atoms with Crippen LogP contribution in [0.15, 0.2) is 29.3 Å². The van der Waals surface area contributed by atoms with E-state index in [4.69, 9.17) is 0 Å². The molecule has 0 unspecified atom stereocenters. The number of hydrogen-bond acceptors (Lipinski definition) is 5. The molecule has 7 nitrogen and oxygen atoms in total. The number of anilines is 2. The molecule has 1 aliphatic heterocycles. The van der Waals surface area contributed by atoms with Crippen LogP contribution in [-0.4, -0.2) is 37.6 Å². The molecule has 1 aromatic heterocycles. The van der Waals surface area contributed by atoms with Crippen molar-refractivity contribution in [3.8, 4) is 0 Å². The van der Waals surface area contributed by atoms with E-state index in [0.29, 0.717) is 11.4 Å². The summed E-state index contributed by atoms with van der Waals surface area (Å²) in [6, 6.07) is 4.81. The second-order valence-electron chi connectivity index (χ2n) is 7.61. The van der Waals surface area contributed by atoms with Crippen molar-refractivity contribution in [1.29, 1.82) is 0 Å². The van der Waals surface area contributed by atoms with Gasteiger partial charge in [0.2, 0.25) is 0 Å². The number of pyridine rings is 1. The summed E-state index contributed by atoms with van der Waals surface area (Å²) in [5, 5.41) is 9.67. The van der Waals surface area contributed by atoms with Gasteiger partial charge in [0, 0.05) is 13.1 Å². The van der Waals surface area contributed by atoms with Gasteiger partial charge in [-0.3, -0.25) is 4.72 Å². The number of nitrogens with one attached hydrogen (secondary N) is 1. The van der Waals surface area contributed by atoms with Gasteiger partial charge in [-0.15, -0.1) is 0 Å². The summed E-state index contributed by atoms with van der Waals surface area (Å²) < 4.78 is 28.3. The highest BCUT2D eigenvalue weighted by Gasteiger charge is 2.22. The Hall–Kier alpha value is -2.61. The third-order valence-electron chi connectivity index (χ3n) is 5.34. The Morgan fingerprint density at radius 2 is 1.62 bits per heavy atom. The number of carboxylic acids is 1. The Balaban J connectivity index is 1.94. The summed E-state index contributed by atoms with van der Waals surface area (Å²) in [6.07, 6.45) is 5.60. The molecule has 0 saturated carbocycles. The number of hydrogen-bond donors (Lipinski definition) is 2. The van der Waals surface area contributed by atoms with Crippen LogP contribution in [0, 0.1) is 20.8 Å². The predicted octanol–water partition coefficient (Wildman–Crippen LogP) is 3.89. The van der Waals surface area contributed by atoms with E-state index in [0.717, 1.165) is 49.9 Å². The van der Waals surface area contributed by atoms with Gasteiger partial charge in [-0.1, -0.05) is 18.9 Å². The van der Waals surface area contributed by atoms with E-state index in [1.54, 1.807) is 13.0 Å². The van der Waals surface area contributed by atoms with E-state index in [2.05, 4.69) is 9.71 Å². The molecule has 1 fully saturated rings. The van der Waals surface area contributed by atoms with Crippen molar-refractivity contribution in [3.05, 3.63) is 46.6 Å². The van der Waals surface area contributed by atoms with Gasteiger partial charge in [0.05, 0.1) is 16.8 Å². The molecule has 1 saturated heterocycles. The summed E-state index contributed by atoms with van der Waals surface area (Å²) >= 11 is 0. The molecule has 0 aliphatic carbocycles. The van der Waals surface area contributed by atoms with E-state index in [9.17, 15) is 18.3 Å². The van der Waals surface area contributed by atoms with E-state index >= 15 is 0 Å². The zero-order chi connectivity index (χ0) is 21.2. The summed E-state index contributed by atoms with van der Waals surface area (Å²) in [5.41, 5.74) is 2.66. The molecule has 3 rings (SSSR count). The monoisotopic (exact) mass is 417 g/mol. The van der Waals surface area contributed by atoms with Crippen LogP contribution in [0.5, 0.6) is 0 Å². The molecule has 156 valence electrons. The minimum absolute atomic E-state index is 0.00362. The molecular weight excluding hydrogens is 390 g/mol. The van der Waals surface area contributed by atoms with Gasteiger partial charge in [-0.2, -0.15) is 0 Å². The molecular formula is C21H27N3O4S. The number of carbonyl (C=O) groups is 1. The van der Waals surface area contributed by atoms with Gasteiger partial charge in [-0.25, -0.2) is 18.2 Å². The number of aryl methyl sites for hydroxylation is 3. The van der Waals surface area contributed by atoms with E-state index < -0.39 is 16.0 Å². The van der Waals surface area contributed by atoms with Crippen molar-refractivity contribution in [3.63, 3.8) is 0 Å². The quantitative estimate of drug-likeness (QED) is 0.766. The Bertz CT molecular complexity index is 1030. The largest absolute Gasteiger partial charge is 0.478 e. The van der Waals surface area contributed by atoms with Gasteiger partial charge < -0.3 is 10.0 Å². The Morgan fingerprint density at radius 3 is 2.24 bits per heavy atom. The minimum atomic E-state index is -3.87. The van der Waals surface area contributed by atoms with E-state index in [-0.39, 0.29) is 16.1 Å². The van der Waals surface area contributed by atoms with Crippen molar-refractivity contribution >= 4 is 27.5 Å². The lowest BCUT2D eigenvalue weighted by Crippen LogP contribution is -2.27.